The molecule has 0 saturated heterocycles. The summed E-state index contributed by atoms with van der Waals surface area (Å²) in [5.41, 5.74) is 0.444. The van der Waals surface area contributed by atoms with Crippen LogP contribution in [-0.4, -0.2) is 52.5 Å². The molecule has 0 saturated carbocycles. The number of sulfonamides is 1. The maximum Gasteiger partial charge on any atom is 0.263 e. The van der Waals surface area contributed by atoms with E-state index in [-0.39, 0.29) is 24.9 Å². The molecule has 3 rings (SSSR count). The van der Waals surface area contributed by atoms with Crippen LogP contribution in [-0.2, 0) is 14.8 Å². The van der Waals surface area contributed by atoms with Gasteiger partial charge in [-0.15, -0.1) is 0 Å². The molecule has 0 aromatic heterocycles. The van der Waals surface area contributed by atoms with E-state index in [0.29, 0.717) is 17.2 Å². The number of hydrogen-bond acceptors (Lipinski definition) is 6. The zero-order valence-electron chi connectivity index (χ0n) is 17.2. The van der Waals surface area contributed by atoms with E-state index in [1.807, 2.05) is 0 Å². The van der Waals surface area contributed by atoms with Crippen LogP contribution in [0.3, 0.4) is 0 Å². The first-order chi connectivity index (χ1) is 14.3. The summed E-state index contributed by atoms with van der Waals surface area (Å²) in [6, 6.07) is 13.6. The number of ether oxygens (including phenoxy) is 3. The van der Waals surface area contributed by atoms with Crippen LogP contribution in [0.25, 0.3) is 0 Å². The third-order valence-corrected chi connectivity index (χ3v) is 6.42. The van der Waals surface area contributed by atoms with Crippen molar-refractivity contribution in [2.24, 2.45) is 0 Å². The number of anilines is 1. The van der Waals surface area contributed by atoms with Gasteiger partial charge in [0.2, 0.25) is 10.0 Å². The van der Waals surface area contributed by atoms with Gasteiger partial charge in [-0.2, -0.15) is 0 Å². The van der Waals surface area contributed by atoms with Gasteiger partial charge in [0.05, 0.1) is 31.1 Å². The Labute approximate surface area is 176 Å². The van der Waals surface area contributed by atoms with Crippen molar-refractivity contribution in [3.8, 4) is 17.2 Å². The molecule has 0 aliphatic carbocycles. The number of benzene rings is 2. The normalized spacial score (nSPS) is 16.8. The molecule has 8 nitrogen and oxygen atoms in total. The molecule has 0 bridgehead atoms. The maximum atomic E-state index is 12.7. The van der Waals surface area contributed by atoms with Gasteiger partial charge in [0.25, 0.3) is 5.91 Å². The summed E-state index contributed by atoms with van der Waals surface area (Å²) in [6.45, 7) is 3.54. The number of nitrogens with one attached hydrogen (secondary N) is 1. The number of fused-ring (bicyclic) bond motifs is 1. The number of nitrogens with zero attached hydrogens (tertiary/aromatic N) is 1. The van der Waals surface area contributed by atoms with E-state index in [1.165, 1.54) is 4.31 Å². The first-order valence-electron chi connectivity index (χ1n) is 9.67. The van der Waals surface area contributed by atoms with Gasteiger partial charge in [-0.3, -0.25) is 9.10 Å². The minimum absolute atomic E-state index is 0.0677. The van der Waals surface area contributed by atoms with E-state index >= 15 is 0 Å². The van der Waals surface area contributed by atoms with E-state index in [9.17, 15) is 13.2 Å². The van der Waals surface area contributed by atoms with Crippen molar-refractivity contribution in [2.75, 3.05) is 30.3 Å². The molecule has 0 radical (unpaired) electrons. The molecule has 1 aliphatic heterocycles. The molecule has 1 N–H and O–H groups in total. The van der Waals surface area contributed by atoms with Crippen LogP contribution in [0.4, 0.5) is 5.69 Å². The predicted molar refractivity (Wildman–Crippen MR) is 114 cm³/mol. The largest absolute Gasteiger partial charge is 0.497 e. The molecule has 1 heterocycles. The Bertz CT molecular complexity index is 977. The highest BCUT2D eigenvalue weighted by molar-refractivity contribution is 7.92. The monoisotopic (exact) mass is 434 g/mol. The number of amides is 1. The highest BCUT2D eigenvalue weighted by atomic mass is 32.2. The van der Waals surface area contributed by atoms with Crippen LogP contribution in [0, 0.1) is 0 Å². The Kier molecular flexibility index (Phi) is 6.71. The molecular formula is C21H26N2O6S. The van der Waals surface area contributed by atoms with Crippen molar-refractivity contribution in [1.29, 1.82) is 0 Å². The van der Waals surface area contributed by atoms with Crippen LogP contribution in [0.1, 0.15) is 13.8 Å². The molecule has 2 atom stereocenters. The molecule has 0 spiro atoms. The first kappa shape index (κ1) is 21.8. The molecule has 1 aliphatic rings. The minimum Gasteiger partial charge on any atom is -0.497 e. The van der Waals surface area contributed by atoms with Gasteiger partial charge in [-0.05, 0) is 50.2 Å². The van der Waals surface area contributed by atoms with Gasteiger partial charge in [-0.25, -0.2) is 8.42 Å². The first-order valence-corrected chi connectivity index (χ1v) is 11.3. The highest BCUT2D eigenvalue weighted by Gasteiger charge is 2.36. The van der Waals surface area contributed by atoms with Crippen molar-refractivity contribution >= 4 is 21.6 Å². The average molecular weight is 435 g/mol. The Hall–Kier alpha value is -2.94. The summed E-state index contributed by atoms with van der Waals surface area (Å²) in [5.74, 6) is 1.28. The fourth-order valence-corrected chi connectivity index (χ4v) is 4.15. The summed E-state index contributed by atoms with van der Waals surface area (Å²) >= 11 is 0. The summed E-state index contributed by atoms with van der Waals surface area (Å²) in [6.07, 6.45) is -0.954. The van der Waals surface area contributed by atoms with E-state index in [1.54, 1.807) is 69.5 Å². The fourth-order valence-electron chi connectivity index (χ4n) is 3.03. The third kappa shape index (κ3) is 4.96. The second-order valence-electron chi connectivity index (χ2n) is 6.90. The quantitative estimate of drug-likeness (QED) is 0.685. The summed E-state index contributed by atoms with van der Waals surface area (Å²) in [5, 5.41) is 2.83. The molecule has 162 valence electrons. The van der Waals surface area contributed by atoms with Gasteiger partial charge in [-0.1, -0.05) is 12.1 Å². The van der Waals surface area contributed by atoms with Crippen LogP contribution in [0.5, 0.6) is 17.2 Å². The summed E-state index contributed by atoms with van der Waals surface area (Å²) < 4.78 is 42.9. The van der Waals surface area contributed by atoms with Gasteiger partial charge in [0.15, 0.2) is 6.10 Å². The van der Waals surface area contributed by atoms with E-state index in [0.717, 1.165) is 5.75 Å². The molecular weight excluding hydrogens is 408 g/mol. The minimum atomic E-state index is -3.54. The average Bonchev–Trinajstić information content (AvgIpc) is 2.77. The van der Waals surface area contributed by atoms with Crippen molar-refractivity contribution < 1.29 is 27.4 Å². The lowest BCUT2D eigenvalue weighted by atomic mass is 10.2. The van der Waals surface area contributed by atoms with Crippen molar-refractivity contribution in [3.05, 3.63) is 48.5 Å². The molecule has 2 aromatic rings. The number of para-hydroxylation sites is 2. The summed E-state index contributed by atoms with van der Waals surface area (Å²) in [7, 11) is -1.95. The Morgan fingerprint density at radius 3 is 2.53 bits per heavy atom. The number of methoxy groups -OCH3 is 1. The van der Waals surface area contributed by atoms with Gasteiger partial charge in [0, 0.05) is 0 Å². The molecule has 1 amide bonds. The fraction of sp³-hybridized carbons (Fsp3) is 0.381. The Morgan fingerprint density at radius 1 is 1.20 bits per heavy atom. The number of rotatable bonds is 8. The van der Waals surface area contributed by atoms with Crippen LogP contribution >= 0.6 is 0 Å². The van der Waals surface area contributed by atoms with Crippen LogP contribution in [0.15, 0.2) is 48.5 Å². The van der Waals surface area contributed by atoms with Gasteiger partial charge >= 0.3 is 0 Å². The van der Waals surface area contributed by atoms with E-state index in [2.05, 4.69) is 5.32 Å². The molecule has 30 heavy (non-hydrogen) atoms. The lowest BCUT2D eigenvalue weighted by molar-refractivity contribution is -0.128. The highest BCUT2D eigenvalue weighted by Crippen LogP contribution is 2.35. The Balaban J connectivity index is 1.63. The van der Waals surface area contributed by atoms with Crippen LogP contribution in [0.2, 0.25) is 0 Å². The zero-order valence-corrected chi connectivity index (χ0v) is 18.0. The van der Waals surface area contributed by atoms with E-state index < -0.39 is 22.0 Å². The van der Waals surface area contributed by atoms with Crippen LogP contribution < -0.4 is 23.8 Å². The topological polar surface area (TPSA) is 94.2 Å². The standard InChI is InChI=1S/C21H26N2O6S/c1-4-30(25,26)23-13-20(29-19-8-6-5-7-18(19)23)21(24)22-15(2)14-28-17-11-9-16(27-3)10-12-17/h5-12,15,20H,4,13-14H2,1-3H3,(H,22,24). The smallest absolute Gasteiger partial charge is 0.263 e. The lowest BCUT2D eigenvalue weighted by Gasteiger charge is -2.34. The lowest BCUT2D eigenvalue weighted by Crippen LogP contribution is -2.53. The van der Waals surface area contributed by atoms with Crippen molar-refractivity contribution in [2.45, 2.75) is 26.0 Å². The number of carbonyl (C=O) groups excluding carboxylic acids is 1. The SMILES string of the molecule is CCS(=O)(=O)N1CC(C(=O)NC(C)COc2ccc(OC)cc2)Oc2ccccc21. The zero-order chi connectivity index (χ0) is 21.7. The van der Waals surface area contributed by atoms with Crippen molar-refractivity contribution in [3.63, 3.8) is 0 Å². The third-order valence-electron chi connectivity index (χ3n) is 4.68. The molecule has 2 aromatic carbocycles. The molecule has 2 unspecified atom stereocenters. The van der Waals surface area contributed by atoms with Gasteiger partial charge in [0.1, 0.15) is 23.9 Å². The second-order valence-corrected chi connectivity index (χ2v) is 9.08. The Morgan fingerprint density at radius 2 is 1.87 bits per heavy atom. The van der Waals surface area contributed by atoms with Gasteiger partial charge < -0.3 is 19.5 Å². The van der Waals surface area contributed by atoms with E-state index in [4.69, 9.17) is 14.2 Å². The second kappa shape index (κ2) is 9.25. The maximum absolute atomic E-state index is 12.7. The number of hydrogen-bond donors (Lipinski definition) is 1. The molecule has 0 fully saturated rings. The predicted octanol–water partition coefficient (Wildman–Crippen LogP) is 2.20. The number of carbonyl (C=O) groups is 1. The summed E-state index contributed by atoms with van der Waals surface area (Å²) in [4.78, 5) is 12.7. The molecule has 9 heteroatoms. The van der Waals surface area contributed by atoms with Crippen molar-refractivity contribution in [1.82, 2.24) is 5.32 Å².